The van der Waals surface area contributed by atoms with Crippen LogP contribution in [0.2, 0.25) is 0 Å². The summed E-state index contributed by atoms with van der Waals surface area (Å²) >= 11 is 0. The summed E-state index contributed by atoms with van der Waals surface area (Å²) in [6, 6.07) is 7.51. The van der Waals surface area contributed by atoms with Crippen molar-refractivity contribution in [2.24, 2.45) is 0 Å². The molecule has 1 aromatic carbocycles. The lowest BCUT2D eigenvalue weighted by atomic mass is 10.2. The zero-order chi connectivity index (χ0) is 22.0. The quantitative estimate of drug-likeness (QED) is 0.477. The summed E-state index contributed by atoms with van der Waals surface area (Å²) in [5, 5.41) is 4.13. The number of imidazole rings is 1. The Labute approximate surface area is 180 Å². The molecule has 0 fully saturated rings. The van der Waals surface area contributed by atoms with Crippen LogP contribution in [-0.2, 0) is 0 Å². The lowest BCUT2D eigenvalue weighted by Gasteiger charge is -2.14. The molecule has 9 heteroatoms. The van der Waals surface area contributed by atoms with Gasteiger partial charge in [-0.3, -0.25) is 0 Å². The van der Waals surface area contributed by atoms with Crippen LogP contribution in [0.3, 0.4) is 0 Å². The molecule has 0 saturated carbocycles. The van der Waals surface area contributed by atoms with Crippen molar-refractivity contribution in [2.75, 3.05) is 26.6 Å². The van der Waals surface area contributed by atoms with Crippen LogP contribution >= 0.6 is 0 Å². The lowest BCUT2D eigenvalue weighted by Crippen LogP contribution is -2.04. The van der Waals surface area contributed by atoms with Crippen molar-refractivity contribution in [2.45, 2.75) is 19.8 Å². The second-order valence-corrected chi connectivity index (χ2v) is 7.13. The summed E-state index contributed by atoms with van der Waals surface area (Å²) in [7, 11) is 4.75. The van der Waals surface area contributed by atoms with Gasteiger partial charge in [-0.2, -0.15) is 0 Å². The number of hydrogen-bond donors (Lipinski definition) is 1. The van der Waals surface area contributed by atoms with Crippen LogP contribution in [0.15, 0.2) is 43.0 Å². The average Bonchev–Trinajstić information content (AvgIpc) is 3.26. The summed E-state index contributed by atoms with van der Waals surface area (Å²) in [6.45, 7) is 4.10. The molecule has 1 N–H and O–H groups in total. The maximum atomic E-state index is 5.45. The Kier molecular flexibility index (Phi) is 5.57. The van der Waals surface area contributed by atoms with Crippen LogP contribution in [-0.4, -0.2) is 45.8 Å². The van der Waals surface area contributed by atoms with Crippen molar-refractivity contribution in [3.63, 3.8) is 0 Å². The fourth-order valence-electron chi connectivity index (χ4n) is 3.20. The Hall–Kier alpha value is -3.88. The summed E-state index contributed by atoms with van der Waals surface area (Å²) in [5.41, 5.74) is 1.46. The van der Waals surface area contributed by atoms with Gasteiger partial charge in [-0.05, 0) is 12.1 Å². The first-order valence-electron chi connectivity index (χ1n) is 9.78. The molecule has 3 aromatic heterocycles. The molecule has 0 spiro atoms. The molecule has 3 heterocycles. The number of benzene rings is 1. The van der Waals surface area contributed by atoms with Crippen LogP contribution in [0.1, 0.15) is 25.6 Å². The van der Waals surface area contributed by atoms with E-state index in [0.29, 0.717) is 34.5 Å². The van der Waals surface area contributed by atoms with Gasteiger partial charge in [0.25, 0.3) is 0 Å². The van der Waals surface area contributed by atoms with E-state index >= 15 is 0 Å². The van der Waals surface area contributed by atoms with Gasteiger partial charge in [0.15, 0.2) is 17.1 Å². The maximum Gasteiger partial charge on any atom is 0.203 e. The Bertz CT molecular complexity index is 1200. The van der Waals surface area contributed by atoms with Gasteiger partial charge in [0.05, 0.1) is 38.6 Å². The first-order chi connectivity index (χ1) is 15.0. The summed E-state index contributed by atoms with van der Waals surface area (Å²) in [6.07, 6.45) is 5.29. The molecule has 0 aliphatic heterocycles. The molecule has 0 radical (unpaired) electrons. The Balaban J connectivity index is 1.71. The highest BCUT2D eigenvalue weighted by atomic mass is 16.5. The molecule has 160 valence electrons. The first-order valence-corrected chi connectivity index (χ1v) is 9.78. The minimum atomic E-state index is 0.170. The third-order valence-corrected chi connectivity index (χ3v) is 4.78. The summed E-state index contributed by atoms with van der Waals surface area (Å²) in [4.78, 5) is 18.1. The fourth-order valence-corrected chi connectivity index (χ4v) is 3.20. The van der Waals surface area contributed by atoms with Crippen LogP contribution < -0.4 is 19.5 Å². The van der Waals surface area contributed by atoms with Gasteiger partial charge in [-0.15, -0.1) is 0 Å². The molecular weight excluding hydrogens is 396 g/mol. The number of ether oxygens (including phenoxy) is 3. The number of anilines is 2. The topological polar surface area (TPSA) is 96.2 Å². The number of nitrogens with zero attached hydrogens (tertiary/aromatic N) is 5. The van der Waals surface area contributed by atoms with Gasteiger partial charge >= 0.3 is 0 Å². The average molecular weight is 420 g/mol. The minimum Gasteiger partial charge on any atom is -0.493 e. The predicted molar refractivity (Wildman–Crippen MR) is 118 cm³/mol. The van der Waals surface area contributed by atoms with Crippen molar-refractivity contribution in [3.8, 4) is 22.9 Å². The summed E-state index contributed by atoms with van der Waals surface area (Å²) in [5.74, 6) is 3.85. The van der Waals surface area contributed by atoms with E-state index in [2.05, 4.69) is 25.3 Å². The van der Waals surface area contributed by atoms with Crippen LogP contribution in [0, 0.1) is 0 Å². The number of fused-ring (bicyclic) bond motifs is 1. The highest BCUT2D eigenvalue weighted by Crippen LogP contribution is 2.39. The molecule has 4 aromatic rings. The molecular formula is C22H24N6O3. The SMILES string of the molecule is COc1cc(-n2cnc(Nc3nc(C(C)C)nc4ncccc34)c2)cc(OC)c1OC. The summed E-state index contributed by atoms with van der Waals surface area (Å²) < 4.78 is 18.2. The van der Waals surface area contributed by atoms with Crippen molar-refractivity contribution < 1.29 is 14.2 Å². The van der Waals surface area contributed by atoms with Gasteiger partial charge in [0.1, 0.15) is 23.8 Å². The minimum absolute atomic E-state index is 0.170. The molecule has 0 amide bonds. The van der Waals surface area contributed by atoms with Crippen molar-refractivity contribution in [1.29, 1.82) is 0 Å². The zero-order valence-electron chi connectivity index (χ0n) is 18.1. The van der Waals surface area contributed by atoms with Gasteiger partial charge < -0.3 is 24.1 Å². The second kappa shape index (κ2) is 8.47. The highest BCUT2D eigenvalue weighted by molar-refractivity contribution is 5.88. The fraction of sp³-hybridized carbons (Fsp3) is 0.273. The molecule has 0 bridgehead atoms. The predicted octanol–water partition coefficient (Wildman–Crippen LogP) is 4.10. The Morgan fingerprint density at radius 1 is 0.968 bits per heavy atom. The van der Waals surface area contributed by atoms with Crippen molar-refractivity contribution in [1.82, 2.24) is 24.5 Å². The monoisotopic (exact) mass is 420 g/mol. The number of methoxy groups -OCH3 is 3. The van der Waals surface area contributed by atoms with E-state index in [1.54, 1.807) is 33.9 Å². The Morgan fingerprint density at radius 3 is 2.35 bits per heavy atom. The van der Waals surface area contributed by atoms with Crippen LogP contribution in [0.4, 0.5) is 11.6 Å². The third kappa shape index (κ3) is 3.94. The molecule has 9 nitrogen and oxygen atoms in total. The standard InChI is InChI=1S/C22H24N6O3/c1-13(2)20-26-21-15(7-6-8-23-21)22(27-20)25-18-11-28(12-24-18)14-9-16(29-3)19(31-5)17(10-14)30-4/h6-13H,1-5H3,(H,23,25,26,27). The third-order valence-electron chi connectivity index (χ3n) is 4.78. The number of rotatable bonds is 7. The van der Waals surface area contributed by atoms with E-state index in [0.717, 1.165) is 16.9 Å². The van der Waals surface area contributed by atoms with Crippen molar-refractivity contribution in [3.05, 3.63) is 48.8 Å². The second-order valence-electron chi connectivity index (χ2n) is 7.13. The maximum absolute atomic E-state index is 5.45. The molecule has 0 aliphatic carbocycles. The van der Waals surface area contributed by atoms with Crippen LogP contribution in [0.25, 0.3) is 16.7 Å². The lowest BCUT2D eigenvalue weighted by molar-refractivity contribution is 0.324. The zero-order valence-corrected chi connectivity index (χ0v) is 18.1. The smallest absolute Gasteiger partial charge is 0.203 e. The van der Waals surface area contributed by atoms with Gasteiger partial charge in [-0.1, -0.05) is 13.8 Å². The molecule has 4 rings (SSSR count). The van der Waals surface area contributed by atoms with Gasteiger partial charge in [0, 0.05) is 24.2 Å². The van der Waals surface area contributed by atoms with Gasteiger partial charge in [-0.25, -0.2) is 19.9 Å². The molecule has 0 atom stereocenters. The number of pyridine rings is 1. The molecule has 0 aliphatic rings. The van der Waals surface area contributed by atoms with Gasteiger partial charge in [0.2, 0.25) is 5.75 Å². The van der Waals surface area contributed by atoms with E-state index in [4.69, 9.17) is 14.2 Å². The number of aromatic nitrogens is 5. The number of nitrogens with one attached hydrogen (secondary N) is 1. The molecule has 0 saturated heterocycles. The molecule has 0 unspecified atom stereocenters. The van der Waals surface area contributed by atoms with E-state index in [1.807, 2.05) is 48.9 Å². The number of hydrogen-bond acceptors (Lipinski definition) is 8. The first kappa shape index (κ1) is 20.4. The van der Waals surface area contributed by atoms with E-state index in [1.165, 1.54) is 0 Å². The van der Waals surface area contributed by atoms with E-state index in [9.17, 15) is 0 Å². The van der Waals surface area contributed by atoms with Crippen molar-refractivity contribution >= 4 is 22.7 Å². The highest BCUT2D eigenvalue weighted by Gasteiger charge is 2.16. The van der Waals surface area contributed by atoms with E-state index in [-0.39, 0.29) is 5.92 Å². The van der Waals surface area contributed by atoms with Crippen LogP contribution in [0.5, 0.6) is 17.2 Å². The normalized spacial score (nSPS) is 11.0. The molecule has 31 heavy (non-hydrogen) atoms. The van der Waals surface area contributed by atoms with E-state index < -0.39 is 0 Å². The largest absolute Gasteiger partial charge is 0.493 e. The Morgan fingerprint density at radius 2 is 1.71 bits per heavy atom.